The van der Waals surface area contributed by atoms with Crippen molar-refractivity contribution in [2.75, 3.05) is 7.11 Å². The first-order chi connectivity index (χ1) is 18.1. The number of aliphatic imine (C=N–C) groups is 1. The first-order valence-electron chi connectivity index (χ1n) is 12.9. The minimum absolute atomic E-state index is 0.0535. The smallest absolute Gasteiger partial charge is 0.179 e. The third-order valence-corrected chi connectivity index (χ3v) is 8.90. The lowest BCUT2D eigenvalue weighted by Gasteiger charge is -2.33. The number of ether oxygens (including phenoxy) is 3. The molecule has 4 aliphatic heterocycles. The second-order valence-corrected chi connectivity index (χ2v) is 10.6. The number of benzene rings is 1. The number of ketones is 2. The lowest BCUT2D eigenvalue weighted by atomic mass is 9.83. The molecule has 5 unspecified atom stereocenters. The summed E-state index contributed by atoms with van der Waals surface area (Å²) in [7, 11) is 1.59. The van der Waals surface area contributed by atoms with E-state index in [9.17, 15) is 9.59 Å². The molecule has 1 saturated heterocycles. The molecule has 8 nitrogen and oxygen atoms in total. The predicted molar refractivity (Wildman–Crippen MR) is 137 cm³/mol. The summed E-state index contributed by atoms with van der Waals surface area (Å²) in [6.45, 7) is 0.543. The number of fused-ring (bicyclic) bond motifs is 8. The zero-order chi connectivity index (χ0) is 24.6. The molecule has 184 valence electrons. The molecule has 3 aromatic rings. The molecule has 8 heteroatoms. The average Bonchev–Trinajstić information content (AvgIpc) is 3.65. The molecule has 1 fully saturated rings. The number of aromatic nitrogens is 2. The Morgan fingerprint density at radius 1 is 1.08 bits per heavy atom. The summed E-state index contributed by atoms with van der Waals surface area (Å²) in [6, 6.07) is 0. The molecule has 0 amide bonds. The molecule has 37 heavy (non-hydrogen) atoms. The number of carbonyl (C=O) groups is 2. The molecule has 2 bridgehead atoms. The summed E-state index contributed by atoms with van der Waals surface area (Å²) in [5.74, 6) is -1.22. The molecular weight excluding hydrogens is 470 g/mol. The van der Waals surface area contributed by atoms with Gasteiger partial charge >= 0.3 is 0 Å². The number of Topliss-reactive ketones (excluding diaryl/α,β-unsaturated/α-hetero) is 2. The molecule has 0 spiro atoms. The number of carbonyl (C=O) groups excluding carboxylic acids is 2. The Morgan fingerprint density at radius 3 is 2.86 bits per heavy atom. The fourth-order valence-electron chi connectivity index (χ4n) is 7.41. The van der Waals surface area contributed by atoms with Crippen LogP contribution in [0.15, 0.2) is 23.2 Å². The van der Waals surface area contributed by atoms with Gasteiger partial charge in [0.05, 0.1) is 34.2 Å². The Morgan fingerprint density at radius 2 is 2.00 bits per heavy atom. The van der Waals surface area contributed by atoms with Gasteiger partial charge in [0.2, 0.25) is 0 Å². The van der Waals surface area contributed by atoms with E-state index >= 15 is 0 Å². The molecule has 2 aromatic heterocycles. The van der Waals surface area contributed by atoms with Crippen molar-refractivity contribution in [2.24, 2.45) is 10.9 Å². The highest BCUT2D eigenvalue weighted by molar-refractivity contribution is 6.30. The van der Waals surface area contributed by atoms with E-state index in [2.05, 4.69) is 38.4 Å². The van der Waals surface area contributed by atoms with Crippen molar-refractivity contribution >= 4 is 57.9 Å². The van der Waals surface area contributed by atoms with Crippen molar-refractivity contribution in [1.29, 1.82) is 0 Å². The Hall–Kier alpha value is -3.59. The number of rotatable bonds is 2. The second kappa shape index (κ2) is 6.83. The lowest BCUT2D eigenvalue weighted by Crippen LogP contribution is -2.42. The fraction of sp³-hybridized carbons (Fsp3) is 0.345. The van der Waals surface area contributed by atoms with Crippen LogP contribution in [0.3, 0.4) is 0 Å². The van der Waals surface area contributed by atoms with Gasteiger partial charge in [-0.25, -0.2) is 0 Å². The summed E-state index contributed by atoms with van der Waals surface area (Å²) in [5.41, 5.74) is 6.11. The number of hydrogen-bond acceptors (Lipinski definition) is 6. The van der Waals surface area contributed by atoms with Gasteiger partial charge in [-0.2, -0.15) is 0 Å². The van der Waals surface area contributed by atoms with E-state index in [1.54, 1.807) is 13.2 Å². The molecule has 0 saturated carbocycles. The normalized spacial score (nSPS) is 31.1. The van der Waals surface area contributed by atoms with Crippen molar-refractivity contribution in [1.82, 2.24) is 9.13 Å². The number of hydrogen-bond donors (Lipinski definition) is 0. The van der Waals surface area contributed by atoms with Gasteiger partial charge in [0.1, 0.15) is 5.92 Å². The van der Waals surface area contributed by atoms with Crippen molar-refractivity contribution in [3.8, 4) is 0 Å². The molecule has 6 aliphatic rings. The zero-order valence-corrected chi connectivity index (χ0v) is 20.1. The first-order valence-corrected chi connectivity index (χ1v) is 12.9. The standard InChI is InChI=1S/C29H23N3O5/c1-35-22-7-6-20(37-22)26-19(33)10-18-25(29(26)34)24-16-12-30-11-15(16)23-14-5-4-13-9-17(14)32-21(36-13)3-2-8-31(18)27(24)28(23)32/h2-5,10-13,20-22,26H,6-9H2,1H3/b3-2-. The molecule has 1 aromatic carbocycles. The Labute approximate surface area is 210 Å². The quantitative estimate of drug-likeness (QED) is 0.404. The van der Waals surface area contributed by atoms with Gasteiger partial charge in [0.25, 0.3) is 0 Å². The minimum Gasteiger partial charge on any atom is -0.356 e. The van der Waals surface area contributed by atoms with Crippen LogP contribution in [0, 0.1) is 5.92 Å². The topological polar surface area (TPSA) is 84.0 Å². The molecule has 0 radical (unpaired) electrons. The lowest BCUT2D eigenvalue weighted by molar-refractivity contribution is -0.135. The summed E-state index contributed by atoms with van der Waals surface area (Å²) >= 11 is 0. The van der Waals surface area contributed by atoms with Crippen LogP contribution in [0.25, 0.3) is 40.2 Å². The highest BCUT2D eigenvalue weighted by atomic mass is 16.7. The highest BCUT2D eigenvalue weighted by Gasteiger charge is 2.45. The van der Waals surface area contributed by atoms with Gasteiger partial charge in [-0.1, -0.05) is 18.2 Å². The van der Waals surface area contributed by atoms with Gasteiger partial charge in [-0.15, -0.1) is 0 Å². The van der Waals surface area contributed by atoms with Crippen LogP contribution in [0.2, 0.25) is 0 Å². The molecule has 5 atom stereocenters. The zero-order valence-electron chi connectivity index (χ0n) is 20.1. The number of nitrogens with zero attached hydrogens (tertiary/aromatic N) is 3. The Bertz CT molecular complexity index is 1850. The Balaban J connectivity index is 1.42. The predicted octanol–water partition coefficient (Wildman–Crippen LogP) is 2.12. The summed E-state index contributed by atoms with van der Waals surface area (Å²) in [4.78, 5) is 32.3. The summed E-state index contributed by atoms with van der Waals surface area (Å²) in [5, 5.41) is 3.65. The van der Waals surface area contributed by atoms with Crippen LogP contribution >= 0.6 is 0 Å². The number of methoxy groups -OCH3 is 1. The fourth-order valence-corrected chi connectivity index (χ4v) is 7.41. The summed E-state index contributed by atoms with van der Waals surface area (Å²) < 4.78 is 22.2. The highest BCUT2D eigenvalue weighted by Crippen LogP contribution is 2.44. The Kier molecular flexibility index (Phi) is 3.78. The van der Waals surface area contributed by atoms with E-state index in [-0.39, 0.29) is 30.2 Å². The van der Waals surface area contributed by atoms with Crippen LogP contribution in [0.1, 0.15) is 46.2 Å². The van der Waals surface area contributed by atoms with Gasteiger partial charge in [0.15, 0.2) is 24.1 Å². The monoisotopic (exact) mass is 493 g/mol. The van der Waals surface area contributed by atoms with Gasteiger partial charge in [-0.3, -0.25) is 14.6 Å². The third kappa shape index (κ3) is 2.37. The molecule has 0 N–H and O–H groups in total. The van der Waals surface area contributed by atoms with Crippen LogP contribution in [-0.4, -0.2) is 52.5 Å². The van der Waals surface area contributed by atoms with E-state index < -0.39 is 12.0 Å². The van der Waals surface area contributed by atoms with Crippen molar-refractivity contribution < 1.29 is 23.8 Å². The maximum atomic E-state index is 14.3. The van der Waals surface area contributed by atoms with Crippen LogP contribution in [-0.2, 0) is 32.0 Å². The SMILES string of the molecule is COC1CCC(C2C(=O)C=c3c(c4c5c(c6c7c8n9c6c4n3C/C=C\C9OC(C=C7)C8)C=NC=5)C2=O)O1. The molecular formula is C29H23N3O5. The largest absolute Gasteiger partial charge is 0.356 e. The van der Waals surface area contributed by atoms with E-state index in [1.165, 1.54) is 11.3 Å². The van der Waals surface area contributed by atoms with E-state index in [1.807, 2.05) is 12.4 Å². The third-order valence-electron chi connectivity index (χ3n) is 8.90. The van der Waals surface area contributed by atoms with E-state index in [4.69, 9.17) is 14.2 Å². The molecule has 2 aliphatic carbocycles. The van der Waals surface area contributed by atoms with Gasteiger partial charge < -0.3 is 23.3 Å². The van der Waals surface area contributed by atoms with Crippen molar-refractivity contribution in [3.63, 3.8) is 0 Å². The first kappa shape index (κ1) is 20.5. The van der Waals surface area contributed by atoms with Crippen molar-refractivity contribution in [3.05, 3.63) is 51.2 Å². The van der Waals surface area contributed by atoms with E-state index in [0.717, 1.165) is 39.0 Å². The average molecular weight is 494 g/mol. The van der Waals surface area contributed by atoms with Crippen LogP contribution in [0.4, 0.5) is 0 Å². The van der Waals surface area contributed by atoms with Gasteiger partial charge in [-0.05, 0) is 12.5 Å². The minimum atomic E-state index is -0.861. The van der Waals surface area contributed by atoms with Crippen molar-refractivity contribution in [2.45, 2.75) is 50.5 Å². The summed E-state index contributed by atoms with van der Waals surface area (Å²) in [6.07, 6.45) is 15.0. The van der Waals surface area contributed by atoms with Crippen LogP contribution in [0.5, 0.6) is 0 Å². The maximum absolute atomic E-state index is 14.3. The molecule has 9 rings (SSSR count). The molecule has 6 heterocycles. The van der Waals surface area contributed by atoms with Gasteiger partial charge in [0, 0.05) is 77.8 Å². The van der Waals surface area contributed by atoms with E-state index in [0.29, 0.717) is 30.3 Å². The second-order valence-electron chi connectivity index (χ2n) is 10.6. The van der Waals surface area contributed by atoms with Crippen LogP contribution < -0.4 is 10.6 Å². The maximum Gasteiger partial charge on any atom is 0.179 e. The number of allylic oxidation sites excluding steroid dienone is 1.